The summed E-state index contributed by atoms with van der Waals surface area (Å²) < 4.78 is 10.3. The number of benzene rings is 5. The van der Waals surface area contributed by atoms with Crippen molar-refractivity contribution in [3.05, 3.63) is 115 Å². The molecule has 46 heavy (non-hydrogen) atoms. The van der Waals surface area contributed by atoms with E-state index in [-0.39, 0.29) is 0 Å². The predicted octanol–water partition coefficient (Wildman–Crippen LogP) is 8.81. The van der Waals surface area contributed by atoms with Gasteiger partial charge in [0.05, 0.1) is 27.8 Å². The monoisotopic (exact) mass is 595 g/mol. The Morgan fingerprint density at radius 1 is 0.717 bits per heavy atom. The molecular formula is C38H25N7O. The van der Waals surface area contributed by atoms with Gasteiger partial charge >= 0.3 is 0 Å². The summed E-state index contributed by atoms with van der Waals surface area (Å²) in [5.74, 6) is 1.13. The Labute approximate surface area is 262 Å². The first-order chi connectivity index (χ1) is 22.7. The standard InChI is InChI=1S/C38H25N7O/c1-39-22-42-37(40-2)44-29-12-6-3-10-25(29)35-31(44)16-17-32-36(35)26-11-4-7-13-30(26)45(32)38-41-20-19-28(43-38)23-15-18-34-27(21-23)24-9-5-8-14-33(24)46-34/h3-22H,1H2,2H3/b40-37+,42-22-. The number of hydrogen-bond donors (Lipinski definition) is 0. The van der Waals surface area contributed by atoms with Crippen molar-refractivity contribution >= 4 is 84.6 Å². The van der Waals surface area contributed by atoms with Gasteiger partial charge in [0.2, 0.25) is 11.9 Å². The van der Waals surface area contributed by atoms with E-state index in [1.54, 1.807) is 7.05 Å². The fourth-order valence-electron chi connectivity index (χ4n) is 6.76. The second-order valence-electron chi connectivity index (χ2n) is 11.1. The largest absolute Gasteiger partial charge is 0.456 e. The fraction of sp³-hybridized carbons (Fsp3) is 0.0263. The van der Waals surface area contributed by atoms with Gasteiger partial charge in [-0.3, -0.25) is 19.1 Å². The van der Waals surface area contributed by atoms with Crippen molar-refractivity contribution in [1.82, 2.24) is 19.1 Å². The number of furan rings is 1. The van der Waals surface area contributed by atoms with Crippen molar-refractivity contribution in [2.24, 2.45) is 15.0 Å². The lowest BCUT2D eigenvalue weighted by atomic mass is 10.1. The third kappa shape index (κ3) is 3.70. The van der Waals surface area contributed by atoms with Crippen LogP contribution < -0.4 is 0 Å². The number of rotatable bonds is 3. The van der Waals surface area contributed by atoms with Crippen LogP contribution in [0.15, 0.2) is 135 Å². The SMILES string of the molecule is C=N/C=N\C(=N/C)n1c2ccccc2c2c3c4ccccc4n(-c4nccc(-c5ccc6oc7ccccc7c6c5)n4)c3ccc21. The summed E-state index contributed by atoms with van der Waals surface area (Å²) in [7, 11) is 1.73. The van der Waals surface area contributed by atoms with Gasteiger partial charge in [0.1, 0.15) is 17.5 Å². The first-order valence-electron chi connectivity index (χ1n) is 14.9. The molecule has 0 radical (unpaired) electrons. The third-order valence-electron chi connectivity index (χ3n) is 8.64. The highest BCUT2D eigenvalue weighted by atomic mass is 16.3. The van der Waals surface area contributed by atoms with Gasteiger partial charge in [-0.15, -0.1) is 0 Å². The quantitative estimate of drug-likeness (QED) is 0.151. The number of para-hydroxylation sites is 3. The zero-order chi connectivity index (χ0) is 30.8. The molecule has 0 saturated carbocycles. The Bertz CT molecular complexity index is 2740. The van der Waals surface area contributed by atoms with Crippen LogP contribution in [0.4, 0.5) is 0 Å². The fourth-order valence-corrected chi connectivity index (χ4v) is 6.76. The van der Waals surface area contributed by atoms with Gasteiger partial charge in [-0.05, 0) is 61.3 Å². The van der Waals surface area contributed by atoms with Crippen LogP contribution in [-0.4, -0.2) is 45.2 Å². The Morgan fingerprint density at radius 3 is 2.24 bits per heavy atom. The van der Waals surface area contributed by atoms with Crippen molar-refractivity contribution in [3.63, 3.8) is 0 Å². The molecule has 9 rings (SSSR count). The summed E-state index contributed by atoms with van der Waals surface area (Å²) >= 11 is 0. The van der Waals surface area contributed by atoms with Crippen LogP contribution in [-0.2, 0) is 0 Å². The van der Waals surface area contributed by atoms with E-state index in [2.05, 4.69) is 104 Å². The van der Waals surface area contributed by atoms with Crippen molar-refractivity contribution in [3.8, 4) is 17.2 Å². The first-order valence-corrected chi connectivity index (χ1v) is 14.9. The van der Waals surface area contributed by atoms with E-state index in [4.69, 9.17) is 14.4 Å². The number of hydrogen-bond acceptors (Lipinski definition) is 4. The molecule has 0 aliphatic heterocycles. The summed E-state index contributed by atoms with van der Waals surface area (Å²) in [5, 5.41) is 6.58. The highest BCUT2D eigenvalue weighted by Crippen LogP contribution is 2.41. The summed E-state index contributed by atoms with van der Waals surface area (Å²) in [6.45, 7) is 3.55. The number of fused-ring (bicyclic) bond motifs is 10. The maximum Gasteiger partial charge on any atom is 0.235 e. The first kappa shape index (κ1) is 26.0. The zero-order valence-electron chi connectivity index (χ0n) is 24.8. The van der Waals surface area contributed by atoms with Gasteiger partial charge in [0.15, 0.2) is 0 Å². The van der Waals surface area contributed by atoms with Gasteiger partial charge < -0.3 is 4.42 Å². The second kappa shape index (κ2) is 10.1. The van der Waals surface area contributed by atoms with E-state index in [1.807, 2.05) is 42.6 Å². The summed E-state index contributed by atoms with van der Waals surface area (Å²) in [6, 6.07) is 37.3. The lowest BCUT2D eigenvalue weighted by Crippen LogP contribution is -2.09. The van der Waals surface area contributed by atoms with Gasteiger partial charge in [-0.25, -0.2) is 15.0 Å². The van der Waals surface area contributed by atoms with E-state index in [0.717, 1.165) is 76.8 Å². The average molecular weight is 596 g/mol. The summed E-state index contributed by atoms with van der Waals surface area (Å²) in [4.78, 5) is 22.8. The van der Waals surface area contributed by atoms with Crippen LogP contribution in [0, 0.1) is 0 Å². The lowest BCUT2D eigenvalue weighted by Gasteiger charge is -2.09. The van der Waals surface area contributed by atoms with Crippen LogP contribution in [0.25, 0.3) is 82.8 Å². The summed E-state index contributed by atoms with van der Waals surface area (Å²) in [6.07, 6.45) is 3.25. The Morgan fingerprint density at radius 2 is 1.41 bits per heavy atom. The van der Waals surface area contributed by atoms with Crippen LogP contribution in [0.1, 0.15) is 0 Å². The van der Waals surface area contributed by atoms with E-state index >= 15 is 0 Å². The Hall–Kier alpha value is -6.41. The molecule has 0 bridgehead atoms. The number of nitrogens with zero attached hydrogens (tertiary/aromatic N) is 7. The van der Waals surface area contributed by atoms with E-state index in [9.17, 15) is 0 Å². The maximum atomic E-state index is 6.07. The molecule has 9 aromatic rings. The molecular weight excluding hydrogens is 570 g/mol. The molecule has 0 N–H and O–H groups in total. The molecule has 0 spiro atoms. The van der Waals surface area contributed by atoms with Crippen molar-refractivity contribution < 1.29 is 4.42 Å². The van der Waals surface area contributed by atoms with Gasteiger partial charge in [0, 0.05) is 51.1 Å². The van der Waals surface area contributed by atoms with Crippen LogP contribution in [0.5, 0.6) is 0 Å². The van der Waals surface area contributed by atoms with E-state index in [0.29, 0.717) is 11.9 Å². The van der Waals surface area contributed by atoms with E-state index < -0.39 is 0 Å². The smallest absolute Gasteiger partial charge is 0.235 e. The maximum absolute atomic E-state index is 6.07. The van der Waals surface area contributed by atoms with Crippen LogP contribution in [0.3, 0.4) is 0 Å². The van der Waals surface area contributed by atoms with Crippen molar-refractivity contribution in [2.45, 2.75) is 0 Å². The van der Waals surface area contributed by atoms with Gasteiger partial charge in [-0.2, -0.15) is 0 Å². The molecule has 4 heterocycles. The molecule has 0 saturated heterocycles. The Balaban J connectivity index is 1.31. The van der Waals surface area contributed by atoms with Crippen LogP contribution >= 0.6 is 0 Å². The lowest BCUT2D eigenvalue weighted by molar-refractivity contribution is 0.669. The minimum absolute atomic E-state index is 0.528. The predicted molar refractivity (Wildman–Crippen MR) is 189 cm³/mol. The Kier molecular flexibility index (Phi) is 5.70. The van der Waals surface area contributed by atoms with Crippen LogP contribution in [0.2, 0.25) is 0 Å². The van der Waals surface area contributed by atoms with Crippen molar-refractivity contribution in [2.75, 3.05) is 7.05 Å². The molecule has 218 valence electrons. The van der Waals surface area contributed by atoms with Crippen molar-refractivity contribution in [1.29, 1.82) is 0 Å². The number of aromatic nitrogens is 4. The molecule has 0 atom stereocenters. The highest BCUT2D eigenvalue weighted by Gasteiger charge is 2.22. The normalized spacial score (nSPS) is 12.6. The molecule has 0 aliphatic rings. The molecule has 5 aromatic carbocycles. The number of aliphatic imine (C=N–C) groups is 3. The second-order valence-corrected chi connectivity index (χ2v) is 11.1. The van der Waals surface area contributed by atoms with E-state index in [1.165, 1.54) is 6.34 Å². The van der Waals surface area contributed by atoms with Gasteiger partial charge in [0.25, 0.3) is 0 Å². The zero-order valence-corrected chi connectivity index (χ0v) is 24.8. The molecule has 4 aromatic heterocycles. The molecule has 0 unspecified atom stereocenters. The third-order valence-corrected chi connectivity index (χ3v) is 8.64. The molecule has 0 fully saturated rings. The minimum atomic E-state index is 0.528. The molecule has 0 aliphatic carbocycles. The minimum Gasteiger partial charge on any atom is -0.456 e. The molecule has 0 amide bonds. The topological polar surface area (TPSA) is 85.9 Å². The average Bonchev–Trinajstić information content (AvgIpc) is 3.76. The highest BCUT2D eigenvalue weighted by molar-refractivity contribution is 6.30. The van der Waals surface area contributed by atoms with Gasteiger partial charge in [-0.1, -0.05) is 54.6 Å². The molecule has 8 heteroatoms. The summed E-state index contributed by atoms with van der Waals surface area (Å²) in [5.41, 5.74) is 7.58. The molecule has 8 nitrogen and oxygen atoms in total.